The molecule has 35 heavy (non-hydrogen) atoms. The van der Waals surface area contributed by atoms with Crippen molar-refractivity contribution < 1.29 is 27.5 Å². The van der Waals surface area contributed by atoms with Crippen molar-refractivity contribution in [1.82, 2.24) is 4.72 Å². The van der Waals surface area contributed by atoms with Crippen molar-refractivity contribution in [3.63, 3.8) is 0 Å². The van der Waals surface area contributed by atoms with Crippen LogP contribution in [-0.2, 0) is 30.8 Å². The number of halogens is 1. The number of carbonyl (C=O) groups is 2. The van der Waals surface area contributed by atoms with E-state index in [1.54, 1.807) is 31.2 Å². The molecular formula is C25H25ClN2O6S. The fourth-order valence-electron chi connectivity index (χ4n) is 3.12. The largest absolute Gasteiger partial charge is 0.482 e. The molecule has 3 aromatic rings. The molecule has 184 valence electrons. The first-order valence-corrected chi connectivity index (χ1v) is 12.6. The molecule has 0 aliphatic carbocycles. The molecule has 10 heteroatoms. The Balaban J connectivity index is 1.73. The van der Waals surface area contributed by atoms with Gasteiger partial charge in [-0.25, -0.2) is 13.2 Å². The van der Waals surface area contributed by atoms with Gasteiger partial charge in [0.2, 0.25) is 15.9 Å². The number of nitrogens with one attached hydrogen (secondary N) is 2. The van der Waals surface area contributed by atoms with Gasteiger partial charge in [0, 0.05) is 10.7 Å². The Morgan fingerprint density at radius 1 is 0.943 bits per heavy atom. The van der Waals surface area contributed by atoms with Crippen LogP contribution in [-0.4, -0.2) is 39.5 Å². The molecule has 0 saturated heterocycles. The lowest BCUT2D eigenvalue weighted by molar-refractivity contribution is -0.145. The Hall–Kier alpha value is -3.40. The molecule has 0 bridgehead atoms. The van der Waals surface area contributed by atoms with Crippen LogP contribution in [0.3, 0.4) is 0 Å². The number of amides is 1. The first-order chi connectivity index (χ1) is 16.8. The first-order valence-electron chi connectivity index (χ1n) is 10.8. The third-order valence-electron chi connectivity index (χ3n) is 4.80. The number of rotatable bonds is 11. The molecule has 0 aliphatic heterocycles. The van der Waals surface area contributed by atoms with Crippen molar-refractivity contribution in [2.24, 2.45) is 0 Å². The summed E-state index contributed by atoms with van der Waals surface area (Å²) in [4.78, 5) is 24.5. The molecule has 1 amide bonds. The Labute approximate surface area is 209 Å². The Morgan fingerprint density at radius 3 is 2.23 bits per heavy atom. The van der Waals surface area contributed by atoms with E-state index in [1.807, 2.05) is 30.3 Å². The topological polar surface area (TPSA) is 111 Å². The van der Waals surface area contributed by atoms with Crippen molar-refractivity contribution in [3.05, 3.63) is 89.4 Å². The lowest BCUT2D eigenvalue weighted by Crippen LogP contribution is -2.45. The van der Waals surface area contributed by atoms with Gasteiger partial charge in [0.25, 0.3) is 0 Å². The fourth-order valence-corrected chi connectivity index (χ4v) is 4.44. The second-order valence-electron chi connectivity index (χ2n) is 7.42. The highest BCUT2D eigenvalue weighted by Gasteiger charge is 2.26. The van der Waals surface area contributed by atoms with Gasteiger partial charge in [-0.2, -0.15) is 4.72 Å². The second kappa shape index (κ2) is 12.3. The number of hydrogen-bond acceptors (Lipinski definition) is 6. The molecule has 1 unspecified atom stereocenters. The van der Waals surface area contributed by atoms with E-state index >= 15 is 0 Å². The molecule has 2 N–H and O–H groups in total. The van der Waals surface area contributed by atoms with Crippen molar-refractivity contribution in [2.75, 3.05) is 18.5 Å². The molecule has 3 aromatic carbocycles. The summed E-state index contributed by atoms with van der Waals surface area (Å²) < 4.78 is 38.5. The van der Waals surface area contributed by atoms with E-state index in [4.69, 9.17) is 21.1 Å². The number of hydrogen-bond donors (Lipinski definition) is 2. The number of anilines is 1. The Morgan fingerprint density at radius 2 is 1.60 bits per heavy atom. The summed E-state index contributed by atoms with van der Waals surface area (Å²) in [6, 6.07) is 20.0. The molecule has 0 saturated carbocycles. The van der Waals surface area contributed by atoms with Crippen molar-refractivity contribution >= 4 is 39.2 Å². The van der Waals surface area contributed by atoms with Crippen LogP contribution in [0.5, 0.6) is 5.75 Å². The van der Waals surface area contributed by atoms with Crippen LogP contribution in [0.4, 0.5) is 5.69 Å². The monoisotopic (exact) mass is 516 g/mol. The molecular weight excluding hydrogens is 492 g/mol. The summed E-state index contributed by atoms with van der Waals surface area (Å²) in [5.74, 6) is -0.603. The smallest absolute Gasteiger partial charge is 0.344 e. The Bertz CT molecular complexity index is 1230. The SMILES string of the molecule is CCOC(=O)COc1ccc(NC(=O)C(Cc2ccccc2)NS(=O)(=O)c2ccc(Cl)cc2)cc1. The fraction of sp³-hybridized carbons (Fsp3) is 0.200. The number of ether oxygens (including phenoxy) is 2. The van der Waals surface area contributed by atoms with Crippen LogP contribution >= 0.6 is 11.6 Å². The molecule has 0 spiro atoms. The van der Waals surface area contributed by atoms with Crippen LogP contribution in [0.25, 0.3) is 0 Å². The van der Waals surface area contributed by atoms with E-state index in [0.717, 1.165) is 5.56 Å². The summed E-state index contributed by atoms with van der Waals surface area (Å²) in [5, 5.41) is 3.12. The van der Waals surface area contributed by atoms with Gasteiger partial charge in [-0.15, -0.1) is 0 Å². The van der Waals surface area contributed by atoms with E-state index in [9.17, 15) is 18.0 Å². The molecule has 0 fully saturated rings. The third kappa shape index (κ3) is 8.10. The summed E-state index contributed by atoms with van der Waals surface area (Å²) in [6.45, 7) is 1.74. The highest BCUT2D eigenvalue weighted by molar-refractivity contribution is 7.89. The van der Waals surface area contributed by atoms with Crippen LogP contribution in [0.2, 0.25) is 5.02 Å². The summed E-state index contributed by atoms with van der Waals surface area (Å²) >= 11 is 5.86. The number of benzene rings is 3. The van der Waals surface area contributed by atoms with Gasteiger partial charge < -0.3 is 14.8 Å². The molecule has 0 aliphatic rings. The van der Waals surface area contributed by atoms with Crippen LogP contribution < -0.4 is 14.8 Å². The standard InChI is InChI=1S/C25H25ClN2O6S/c1-2-33-24(29)17-34-21-12-10-20(11-13-21)27-25(30)23(16-18-6-4-3-5-7-18)28-35(31,32)22-14-8-19(26)9-15-22/h3-15,23,28H,2,16-17H2,1H3,(H,27,30). The average molecular weight is 517 g/mol. The van der Waals surface area contributed by atoms with Crippen molar-refractivity contribution in [2.45, 2.75) is 24.3 Å². The van der Waals surface area contributed by atoms with Crippen molar-refractivity contribution in [3.8, 4) is 5.75 Å². The lowest BCUT2D eigenvalue weighted by Gasteiger charge is -2.19. The minimum Gasteiger partial charge on any atom is -0.482 e. The first kappa shape index (κ1) is 26.2. The number of esters is 1. The van der Waals surface area contributed by atoms with Gasteiger partial charge in [-0.05, 0) is 67.4 Å². The van der Waals surface area contributed by atoms with Crippen LogP contribution in [0.1, 0.15) is 12.5 Å². The maximum absolute atomic E-state index is 13.1. The second-order valence-corrected chi connectivity index (χ2v) is 9.58. The highest BCUT2D eigenvalue weighted by atomic mass is 35.5. The Kier molecular flexibility index (Phi) is 9.25. The highest BCUT2D eigenvalue weighted by Crippen LogP contribution is 2.18. The maximum atomic E-state index is 13.1. The minimum absolute atomic E-state index is 0.00383. The average Bonchev–Trinajstić information content (AvgIpc) is 2.84. The molecule has 8 nitrogen and oxygen atoms in total. The van der Waals surface area contributed by atoms with Crippen LogP contribution in [0, 0.1) is 0 Å². The normalized spacial score (nSPS) is 11.9. The molecule has 0 radical (unpaired) electrons. The zero-order valence-electron chi connectivity index (χ0n) is 18.9. The summed E-state index contributed by atoms with van der Waals surface area (Å²) in [6.07, 6.45) is 0.139. The van der Waals surface area contributed by atoms with Gasteiger partial charge in [-0.3, -0.25) is 4.79 Å². The summed E-state index contributed by atoms with van der Waals surface area (Å²) in [7, 11) is -3.99. The van der Waals surface area contributed by atoms with Gasteiger partial charge >= 0.3 is 5.97 Å². The van der Waals surface area contributed by atoms with E-state index in [1.165, 1.54) is 24.3 Å². The summed E-state index contributed by atoms with van der Waals surface area (Å²) in [5.41, 5.74) is 1.22. The maximum Gasteiger partial charge on any atom is 0.344 e. The zero-order chi connectivity index (χ0) is 25.3. The predicted molar refractivity (Wildman–Crippen MR) is 133 cm³/mol. The zero-order valence-corrected chi connectivity index (χ0v) is 20.5. The lowest BCUT2D eigenvalue weighted by atomic mass is 10.1. The minimum atomic E-state index is -3.99. The van der Waals surface area contributed by atoms with Gasteiger partial charge in [0.05, 0.1) is 11.5 Å². The predicted octanol–water partition coefficient (Wildman–Crippen LogP) is 3.81. The number of carbonyl (C=O) groups excluding carboxylic acids is 2. The quantitative estimate of drug-likeness (QED) is 0.375. The molecule has 1 atom stereocenters. The van der Waals surface area contributed by atoms with Gasteiger partial charge in [0.15, 0.2) is 6.61 Å². The van der Waals surface area contributed by atoms with E-state index < -0.39 is 27.9 Å². The van der Waals surface area contributed by atoms with E-state index in [0.29, 0.717) is 16.5 Å². The molecule has 0 aromatic heterocycles. The molecule has 3 rings (SSSR count). The van der Waals surface area contributed by atoms with Gasteiger partial charge in [0.1, 0.15) is 11.8 Å². The van der Waals surface area contributed by atoms with Crippen molar-refractivity contribution in [1.29, 1.82) is 0 Å². The van der Waals surface area contributed by atoms with Crippen LogP contribution in [0.15, 0.2) is 83.8 Å². The molecule has 0 heterocycles. The van der Waals surface area contributed by atoms with Gasteiger partial charge in [-0.1, -0.05) is 41.9 Å². The van der Waals surface area contributed by atoms with E-state index in [-0.39, 0.29) is 24.5 Å². The number of sulfonamides is 1. The van der Waals surface area contributed by atoms with E-state index in [2.05, 4.69) is 10.0 Å². The third-order valence-corrected chi connectivity index (χ3v) is 6.54.